The molecule has 2 aromatic heterocycles. The Bertz CT molecular complexity index is 1110. The second-order valence-corrected chi connectivity index (χ2v) is 7.71. The summed E-state index contributed by atoms with van der Waals surface area (Å²) >= 11 is 0. The van der Waals surface area contributed by atoms with Crippen molar-refractivity contribution in [3.63, 3.8) is 0 Å². The predicted molar refractivity (Wildman–Crippen MR) is 91.7 cm³/mol. The molecule has 0 saturated heterocycles. The smallest absolute Gasteiger partial charge is 0.337 e. The van der Waals surface area contributed by atoms with E-state index in [1.807, 2.05) is 12.1 Å². The highest BCUT2D eigenvalue weighted by molar-refractivity contribution is 7.75. The standard InChI is InChI=1S/C17H11N4O3P/c22-25(24-21-17-12(19-20-21)6-5-11-18-17)15-9-3-1-7-13(15)23-14-8-2-4-10-16(14)25/h1-11H. The quantitative estimate of drug-likeness (QED) is 0.516. The minimum Gasteiger partial charge on any atom is -0.456 e. The fourth-order valence-corrected chi connectivity index (χ4v) is 4.97. The maximum Gasteiger partial charge on any atom is 0.337 e. The molecule has 3 heterocycles. The van der Waals surface area contributed by atoms with Crippen molar-refractivity contribution >= 4 is 29.1 Å². The first-order valence-corrected chi connectivity index (χ1v) is 9.22. The van der Waals surface area contributed by atoms with Crippen molar-refractivity contribution in [1.29, 1.82) is 0 Å². The number of aromatic nitrogens is 4. The Morgan fingerprint density at radius 2 is 1.60 bits per heavy atom. The van der Waals surface area contributed by atoms with Gasteiger partial charge in [0.25, 0.3) is 0 Å². The zero-order valence-electron chi connectivity index (χ0n) is 12.8. The summed E-state index contributed by atoms with van der Waals surface area (Å²) in [5.74, 6) is 1.00. The van der Waals surface area contributed by atoms with E-state index < -0.39 is 7.37 Å². The lowest BCUT2D eigenvalue weighted by atomic mass is 10.3. The molecule has 0 bridgehead atoms. The van der Waals surface area contributed by atoms with Crippen LogP contribution in [0, 0.1) is 0 Å². The molecule has 7 nitrogen and oxygen atoms in total. The van der Waals surface area contributed by atoms with Gasteiger partial charge in [0.2, 0.25) is 5.65 Å². The summed E-state index contributed by atoms with van der Waals surface area (Å²) in [7, 11) is -3.49. The molecule has 122 valence electrons. The second kappa shape index (κ2) is 5.16. The maximum atomic E-state index is 14.0. The lowest BCUT2D eigenvalue weighted by Crippen LogP contribution is -2.31. The van der Waals surface area contributed by atoms with Gasteiger partial charge in [0.05, 0.1) is 10.6 Å². The Morgan fingerprint density at radius 3 is 2.32 bits per heavy atom. The molecule has 1 aliphatic rings. The van der Waals surface area contributed by atoms with E-state index >= 15 is 0 Å². The number of benzene rings is 2. The van der Waals surface area contributed by atoms with Crippen LogP contribution in [0.4, 0.5) is 0 Å². The number of para-hydroxylation sites is 2. The van der Waals surface area contributed by atoms with Crippen LogP contribution in [0.3, 0.4) is 0 Å². The van der Waals surface area contributed by atoms with Crippen LogP contribution < -0.4 is 20.0 Å². The fourth-order valence-electron chi connectivity index (χ4n) is 2.82. The van der Waals surface area contributed by atoms with Gasteiger partial charge in [-0.2, -0.15) is 0 Å². The van der Waals surface area contributed by atoms with Gasteiger partial charge >= 0.3 is 7.37 Å². The van der Waals surface area contributed by atoms with Crippen molar-refractivity contribution in [1.82, 2.24) is 20.1 Å². The molecule has 0 atom stereocenters. The Kier molecular flexibility index (Phi) is 2.93. The molecule has 0 amide bonds. The summed E-state index contributed by atoms with van der Waals surface area (Å²) in [5.41, 5.74) is 0.961. The van der Waals surface area contributed by atoms with Gasteiger partial charge in [-0.15, -0.1) is 5.10 Å². The SMILES string of the molecule is O=P1(On2nnc3cccnc32)c2ccccc2Oc2ccccc21. The van der Waals surface area contributed by atoms with E-state index in [0.717, 1.165) is 4.85 Å². The summed E-state index contributed by atoms with van der Waals surface area (Å²) < 4.78 is 25.7. The predicted octanol–water partition coefficient (Wildman–Crippen LogP) is 2.29. The summed E-state index contributed by atoms with van der Waals surface area (Å²) in [5, 5.41) is 8.91. The van der Waals surface area contributed by atoms with E-state index in [0.29, 0.717) is 33.3 Å². The molecule has 0 spiro atoms. The molecule has 25 heavy (non-hydrogen) atoms. The van der Waals surface area contributed by atoms with Crippen LogP contribution in [-0.2, 0) is 4.57 Å². The Labute approximate surface area is 142 Å². The maximum absolute atomic E-state index is 14.0. The highest BCUT2D eigenvalue weighted by Gasteiger charge is 2.41. The van der Waals surface area contributed by atoms with Gasteiger partial charge in [-0.25, -0.2) is 4.98 Å². The zero-order chi connectivity index (χ0) is 16.9. The van der Waals surface area contributed by atoms with E-state index in [4.69, 9.17) is 9.36 Å². The van der Waals surface area contributed by atoms with E-state index in [2.05, 4.69) is 15.3 Å². The van der Waals surface area contributed by atoms with Gasteiger partial charge in [-0.1, -0.05) is 29.1 Å². The molecule has 0 saturated carbocycles. The van der Waals surface area contributed by atoms with E-state index in [-0.39, 0.29) is 0 Å². The van der Waals surface area contributed by atoms with Crippen LogP contribution in [0.1, 0.15) is 0 Å². The number of hydrogen-bond donors (Lipinski definition) is 0. The van der Waals surface area contributed by atoms with E-state index in [1.54, 1.807) is 54.7 Å². The van der Waals surface area contributed by atoms with Gasteiger partial charge in [0.1, 0.15) is 17.0 Å². The third-order valence-electron chi connectivity index (χ3n) is 3.96. The van der Waals surface area contributed by atoms with Gasteiger partial charge in [0.15, 0.2) is 0 Å². The number of rotatable bonds is 2. The van der Waals surface area contributed by atoms with Crippen LogP contribution in [0.15, 0.2) is 66.9 Å². The monoisotopic (exact) mass is 350 g/mol. The minimum atomic E-state index is -3.49. The molecule has 0 N–H and O–H groups in total. The number of hydrogen-bond acceptors (Lipinski definition) is 6. The Hall–Kier alpha value is -3.18. The highest BCUT2D eigenvalue weighted by atomic mass is 31.2. The number of fused-ring (bicyclic) bond motifs is 3. The first-order valence-electron chi connectivity index (χ1n) is 7.59. The Morgan fingerprint density at radius 1 is 0.920 bits per heavy atom. The minimum absolute atomic E-state index is 0.402. The molecule has 0 fully saturated rings. The second-order valence-electron chi connectivity index (χ2n) is 5.48. The van der Waals surface area contributed by atoms with Gasteiger partial charge < -0.3 is 9.36 Å². The summed E-state index contributed by atoms with van der Waals surface area (Å²) in [6, 6.07) is 17.7. The van der Waals surface area contributed by atoms with Gasteiger partial charge in [-0.05, 0) is 41.6 Å². The highest BCUT2D eigenvalue weighted by Crippen LogP contribution is 2.50. The van der Waals surface area contributed by atoms with Gasteiger partial charge in [-0.3, -0.25) is 4.57 Å². The molecular weight excluding hydrogens is 339 g/mol. The summed E-state index contributed by atoms with van der Waals surface area (Å²) in [4.78, 5) is 5.33. The number of pyridine rings is 1. The molecule has 0 radical (unpaired) electrons. The molecule has 0 unspecified atom stereocenters. The summed E-state index contributed by atoms with van der Waals surface area (Å²) in [6.45, 7) is 0. The Balaban J connectivity index is 1.73. The molecule has 4 aromatic rings. The van der Waals surface area contributed by atoms with Crippen LogP contribution in [0.5, 0.6) is 11.5 Å². The first-order chi connectivity index (χ1) is 12.3. The van der Waals surface area contributed by atoms with Crippen LogP contribution in [0.25, 0.3) is 11.2 Å². The lowest BCUT2D eigenvalue weighted by molar-refractivity contribution is 0.246. The molecule has 1 aliphatic heterocycles. The first kappa shape index (κ1) is 14.2. The molecule has 8 heteroatoms. The van der Waals surface area contributed by atoms with Crippen molar-refractivity contribution in [2.75, 3.05) is 0 Å². The number of nitrogens with zero attached hydrogens (tertiary/aromatic N) is 4. The third kappa shape index (κ3) is 2.06. The van der Waals surface area contributed by atoms with E-state index in [1.165, 1.54) is 0 Å². The molecular formula is C17H11N4O3P. The third-order valence-corrected chi connectivity index (χ3v) is 6.35. The topological polar surface area (TPSA) is 79.1 Å². The van der Waals surface area contributed by atoms with Crippen molar-refractivity contribution in [2.24, 2.45) is 0 Å². The van der Waals surface area contributed by atoms with Gasteiger partial charge in [0, 0.05) is 6.20 Å². The zero-order valence-corrected chi connectivity index (χ0v) is 13.7. The van der Waals surface area contributed by atoms with Crippen molar-refractivity contribution in [3.8, 4) is 11.5 Å². The summed E-state index contributed by atoms with van der Waals surface area (Å²) in [6.07, 6.45) is 1.60. The van der Waals surface area contributed by atoms with Crippen LogP contribution in [-0.4, -0.2) is 20.1 Å². The average molecular weight is 350 g/mol. The van der Waals surface area contributed by atoms with Crippen LogP contribution >= 0.6 is 7.37 Å². The molecule has 5 rings (SSSR count). The average Bonchev–Trinajstić information content (AvgIpc) is 3.05. The van der Waals surface area contributed by atoms with Crippen molar-refractivity contribution < 1.29 is 13.9 Å². The largest absolute Gasteiger partial charge is 0.456 e. The van der Waals surface area contributed by atoms with Crippen molar-refractivity contribution in [3.05, 3.63) is 66.9 Å². The van der Waals surface area contributed by atoms with E-state index in [9.17, 15) is 4.57 Å². The molecule has 0 aliphatic carbocycles. The number of ether oxygens (including phenoxy) is 1. The molecule has 2 aromatic carbocycles. The lowest BCUT2D eigenvalue weighted by Gasteiger charge is -2.27. The van der Waals surface area contributed by atoms with Crippen molar-refractivity contribution in [2.45, 2.75) is 0 Å². The normalized spacial score (nSPS) is 14.4. The van der Waals surface area contributed by atoms with Crippen LogP contribution in [0.2, 0.25) is 0 Å². The fraction of sp³-hybridized carbons (Fsp3) is 0.